The van der Waals surface area contributed by atoms with Crippen LogP contribution in [0.3, 0.4) is 0 Å². The Morgan fingerprint density at radius 2 is 2.54 bits per heavy atom. The van der Waals surface area contributed by atoms with Crippen molar-refractivity contribution >= 4 is 0 Å². The molecule has 0 spiro atoms. The van der Waals surface area contributed by atoms with Gasteiger partial charge in [0, 0.05) is 6.20 Å². The molecular formula is C10H13FN2. The van der Waals surface area contributed by atoms with Crippen LogP contribution >= 0.6 is 0 Å². The molecular weight excluding hydrogens is 167 g/mol. The summed E-state index contributed by atoms with van der Waals surface area (Å²) in [6.07, 6.45) is 4.93. The lowest BCUT2D eigenvalue weighted by molar-refractivity contribution is 0.541. The fourth-order valence-electron chi connectivity index (χ4n) is 1.77. The van der Waals surface area contributed by atoms with Crippen LogP contribution in [0.15, 0.2) is 18.5 Å². The number of hydrogen-bond donors (Lipinski definition) is 1. The molecule has 0 aliphatic carbocycles. The van der Waals surface area contributed by atoms with Crippen LogP contribution in [-0.4, -0.2) is 18.1 Å². The minimum atomic E-state index is -0.172. The third-order valence-electron chi connectivity index (χ3n) is 2.53. The predicted molar refractivity (Wildman–Crippen MR) is 48.9 cm³/mol. The van der Waals surface area contributed by atoms with Gasteiger partial charge in [0.2, 0.25) is 0 Å². The summed E-state index contributed by atoms with van der Waals surface area (Å²) in [7, 11) is 0. The van der Waals surface area contributed by atoms with Gasteiger partial charge in [-0.1, -0.05) is 0 Å². The summed E-state index contributed by atoms with van der Waals surface area (Å²) in [6, 6.07) is 1.77. The van der Waals surface area contributed by atoms with Crippen LogP contribution in [0.5, 0.6) is 0 Å². The largest absolute Gasteiger partial charge is 0.316 e. The molecule has 1 aliphatic heterocycles. The number of pyridine rings is 1. The number of halogens is 1. The van der Waals surface area contributed by atoms with Gasteiger partial charge in [0.15, 0.2) is 0 Å². The molecule has 0 radical (unpaired) electrons. The standard InChI is InChI=1S/C10H13FN2/c11-10-7-13-4-2-9(10)5-8-1-3-12-6-8/h2,4,7-8,12H,1,3,5-6H2/t8-/m1/s1. The highest BCUT2D eigenvalue weighted by Crippen LogP contribution is 2.16. The maximum Gasteiger partial charge on any atom is 0.144 e. The molecule has 2 nitrogen and oxygen atoms in total. The number of hydrogen-bond acceptors (Lipinski definition) is 2. The minimum absolute atomic E-state index is 0.172. The minimum Gasteiger partial charge on any atom is -0.316 e. The van der Waals surface area contributed by atoms with Crippen LogP contribution in [0, 0.1) is 11.7 Å². The first-order chi connectivity index (χ1) is 6.36. The van der Waals surface area contributed by atoms with Crippen molar-refractivity contribution in [1.29, 1.82) is 0 Å². The highest BCUT2D eigenvalue weighted by molar-refractivity contribution is 5.13. The summed E-state index contributed by atoms with van der Waals surface area (Å²) >= 11 is 0. The van der Waals surface area contributed by atoms with Gasteiger partial charge in [-0.3, -0.25) is 4.98 Å². The predicted octanol–water partition coefficient (Wildman–Crippen LogP) is 1.37. The van der Waals surface area contributed by atoms with Crippen molar-refractivity contribution in [2.24, 2.45) is 5.92 Å². The summed E-state index contributed by atoms with van der Waals surface area (Å²) in [6.45, 7) is 2.08. The normalized spacial score (nSPS) is 22.1. The van der Waals surface area contributed by atoms with Crippen LogP contribution in [-0.2, 0) is 6.42 Å². The molecule has 1 aromatic rings. The van der Waals surface area contributed by atoms with E-state index in [1.165, 1.54) is 6.20 Å². The lowest BCUT2D eigenvalue weighted by atomic mass is 9.99. The van der Waals surface area contributed by atoms with Crippen molar-refractivity contribution in [3.8, 4) is 0 Å². The number of rotatable bonds is 2. The molecule has 1 aromatic heterocycles. The number of nitrogens with zero attached hydrogens (tertiary/aromatic N) is 1. The molecule has 0 saturated carbocycles. The third-order valence-corrected chi connectivity index (χ3v) is 2.53. The molecule has 3 heteroatoms. The molecule has 0 bridgehead atoms. The first-order valence-electron chi connectivity index (χ1n) is 4.65. The average molecular weight is 180 g/mol. The SMILES string of the molecule is Fc1cnccc1C[C@H]1CCNC1. The quantitative estimate of drug-likeness (QED) is 0.743. The van der Waals surface area contributed by atoms with Gasteiger partial charge >= 0.3 is 0 Å². The summed E-state index contributed by atoms with van der Waals surface area (Å²) in [4.78, 5) is 3.73. The topological polar surface area (TPSA) is 24.9 Å². The zero-order chi connectivity index (χ0) is 9.10. The molecule has 1 N–H and O–H groups in total. The Labute approximate surface area is 77.2 Å². The van der Waals surface area contributed by atoms with E-state index in [-0.39, 0.29) is 5.82 Å². The Balaban J connectivity index is 2.04. The van der Waals surface area contributed by atoms with Crippen LogP contribution < -0.4 is 5.32 Å². The van der Waals surface area contributed by atoms with Gasteiger partial charge in [-0.2, -0.15) is 0 Å². The van der Waals surface area contributed by atoms with E-state index >= 15 is 0 Å². The van der Waals surface area contributed by atoms with Gasteiger partial charge in [0.05, 0.1) is 6.20 Å². The van der Waals surface area contributed by atoms with Gasteiger partial charge in [-0.25, -0.2) is 4.39 Å². The van der Waals surface area contributed by atoms with Crippen molar-refractivity contribution in [2.75, 3.05) is 13.1 Å². The van der Waals surface area contributed by atoms with Crippen molar-refractivity contribution in [1.82, 2.24) is 10.3 Å². The first-order valence-corrected chi connectivity index (χ1v) is 4.65. The smallest absolute Gasteiger partial charge is 0.144 e. The van der Waals surface area contributed by atoms with Crippen molar-refractivity contribution in [3.63, 3.8) is 0 Å². The average Bonchev–Trinajstić information content (AvgIpc) is 2.61. The second-order valence-electron chi connectivity index (χ2n) is 3.53. The molecule has 1 aliphatic rings. The van der Waals surface area contributed by atoms with Crippen LogP contribution in [0.25, 0.3) is 0 Å². The van der Waals surface area contributed by atoms with Gasteiger partial charge in [0.25, 0.3) is 0 Å². The molecule has 13 heavy (non-hydrogen) atoms. The van der Waals surface area contributed by atoms with E-state index in [9.17, 15) is 4.39 Å². The molecule has 0 aromatic carbocycles. The number of nitrogens with one attached hydrogen (secondary N) is 1. The molecule has 0 amide bonds. The maximum atomic E-state index is 13.2. The van der Waals surface area contributed by atoms with Crippen molar-refractivity contribution in [2.45, 2.75) is 12.8 Å². The summed E-state index contributed by atoms with van der Waals surface area (Å²) in [5.41, 5.74) is 0.795. The Morgan fingerprint density at radius 3 is 3.23 bits per heavy atom. The van der Waals surface area contributed by atoms with Gasteiger partial charge in [-0.15, -0.1) is 0 Å². The molecule has 70 valence electrons. The van der Waals surface area contributed by atoms with Crippen LogP contribution in [0.2, 0.25) is 0 Å². The lowest BCUT2D eigenvalue weighted by Crippen LogP contribution is -2.11. The Morgan fingerprint density at radius 1 is 1.62 bits per heavy atom. The Hall–Kier alpha value is -0.960. The Kier molecular flexibility index (Phi) is 2.54. The molecule has 1 atom stereocenters. The summed E-state index contributed by atoms with van der Waals surface area (Å²) in [5.74, 6) is 0.422. The summed E-state index contributed by atoms with van der Waals surface area (Å²) < 4.78 is 13.2. The van der Waals surface area contributed by atoms with E-state index in [0.29, 0.717) is 5.92 Å². The zero-order valence-electron chi connectivity index (χ0n) is 7.46. The number of aromatic nitrogens is 1. The van der Waals surface area contributed by atoms with Crippen molar-refractivity contribution in [3.05, 3.63) is 29.8 Å². The fourth-order valence-corrected chi connectivity index (χ4v) is 1.77. The second-order valence-corrected chi connectivity index (χ2v) is 3.53. The zero-order valence-corrected chi connectivity index (χ0v) is 7.46. The van der Waals surface area contributed by atoms with E-state index in [0.717, 1.165) is 31.5 Å². The van der Waals surface area contributed by atoms with Gasteiger partial charge < -0.3 is 5.32 Å². The summed E-state index contributed by atoms with van der Waals surface area (Å²) in [5, 5.41) is 3.27. The van der Waals surface area contributed by atoms with Crippen molar-refractivity contribution < 1.29 is 4.39 Å². The van der Waals surface area contributed by atoms with E-state index in [1.807, 2.05) is 0 Å². The highest BCUT2D eigenvalue weighted by Gasteiger charge is 2.16. The van der Waals surface area contributed by atoms with Crippen LogP contribution in [0.4, 0.5) is 4.39 Å². The van der Waals surface area contributed by atoms with Gasteiger partial charge in [-0.05, 0) is 43.5 Å². The monoisotopic (exact) mass is 180 g/mol. The van der Waals surface area contributed by atoms with E-state index in [2.05, 4.69) is 10.3 Å². The lowest BCUT2D eigenvalue weighted by Gasteiger charge is -2.07. The van der Waals surface area contributed by atoms with Gasteiger partial charge in [0.1, 0.15) is 5.82 Å². The van der Waals surface area contributed by atoms with E-state index in [4.69, 9.17) is 0 Å². The van der Waals surface area contributed by atoms with E-state index < -0.39 is 0 Å². The second kappa shape index (κ2) is 3.83. The van der Waals surface area contributed by atoms with E-state index in [1.54, 1.807) is 12.3 Å². The fraction of sp³-hybridized carbons (Fsp3) is 0.500. The molecule has 0 unspecified atom stereocenters. The molecule has 1 saturated heterocycles. The molecule has 2 heterocycles. The molecule has 1 fully saturated rings. The third kappa shape index (κ3) is 2.04. The first kappa shape index (κ1) is 8.63. The Bertz CT molecular complexity index is 282. The maximum absolute atomic E-state index is 13.2. The van der Waals surface area contributed by atoms with Crippen LogP contribution in [0.1, 0.15) is 12.0 Å². The highest BCUT2D eigenvalue weighted by atomic mass is 19.1. The molecule has 2 rings (SSSR count).